The summed E-state index contributed by atoms with van der Waals surface area (Å²) in [7, 11) is -3.79. The largest absolute Gasteiger partial charge is 0.352 e. The molecule has 1 N–H and O–H groups in total. The van der Waals surface area contributed by atoms with E-state index < -0.39 is 28.5 Å². The van der Waals surface area contributed by atoms with Crippen molar-refractivity contribution < 1.29 is 18.0 Å². The highest BCUT2D eigenvalue weighted by Gasteiger charge is 2.32. The summed E-state index contributed by atoms with van der Waals surface area (Å²) in [4.78, 5) is 28.5. The molecule has 0 heterocycles. The van der Waals surface area contributed by atoms with E-state index in [9.17, 15) is 18.0 Å². The molecule has 0 spiro atoms. The fourth-order valence-corrected chi connectivity index (χ4v) is 5.82. The van der Waals surface area contributed by atoms with Crippen molar-refractivity contribution >= 4 is 39.1 Å². The third-order valence-electron chi connectivity index (χ3n) is 6.92. The molecule has 1 atom stereocenters. The standard InChI is InChI=1S/C28H38ClN3O4S/c1-20(2)24-15-9-11-17-26(24)32(37(4,35)36)19-27(33)31(18-22-12-8-10-16-25(22)29)21(3)28(34)30-23-13-6-5-7-14-23/h8-12,15-17,20-21,23H,5-7,13-14,18-19H2,1-4H3,(H,30,34)/t21-/m1/s1. The molecule has 0 aliphatic heterocycles. The highest BCUT2D eigenvalue weighted by Crippen LogP contribution is 2.29. The van der Waals surface area contributed by atoms with Gasteiger partial charge in [-0.25, -0.2) is 8.42 Å². The maximum atomic E-state index is 13.8. The van der Waals surface area contributed by atoms with Gasteiger partial charge in [0.05, 0.1) is 11.9 Å². The molecular weight excluding hydrogens is 510 g/mol. The Kier molecular flexibility index (Phi) is 10.0. The molecule has 202 valence electrons. The van der Waals surface area contributed by atoms with Crippen molar-refractivity contribution in [3.8, 4) is 0 Å². The quantitative estimate of drug-likeness (QED) is 0.448. The average Bonchev–Trinajstić information content (AvgIpc) is 2.86. The normalized spacial score (nSPS) is 15.3. The average molecular weight is 548 g/mol. The Hall–Kier alpha value is -2.58. The predicted octanol–water partition coefficient (Wildman–Crippen LogP) is 5.10. The maximum absolute atomic E-state index is 13.8. The lowest BCUT2D eigenvalue weighted by Crippen LogP contribution is -2.53. The number of nitrogens with one attached hydrogen (secondary N) is 1. The van der Waals surface area contributed by atoms with E-state index >= 15 is 0 Å². The summed E-state index contributed by atoms with van der Waals surface area (Å²) in [6, 6.07) is 13.6. The van der Waals surface area contributed by atoms with Crippen LogP contribution in [0.15, 0.2) is 48.5 Å². The van der Waals surface area contributed by atoms with Crippen molar-refractivity contribution in [1.82, 2.24) is 10.2 Å². The van der Waals surface area contributed by atoms with Gasteiger partial charge in [0.1, 0.15) is 12.6 Å². The molecule has 1 aliphatic rings. The summed E-state index contributed by atoms with van der Waals surface area (Å²) in [6.45, 7) is 5.29. The first-order valence-electron chi connectivity index (χ1n) is 12.9. The minimum absolute atomic E-state index is 0.0509. The highest BCUT2D eigenvalue weighted by molar-refractivity contribution is 7.92. The van der Waals surface area contributed by atoms with Crippen LogP contribution in [0, 0.1) is 0 Å². The number of amides is 2. The van der Waals surface area contributed by atoms with Crippen LogP contribution in [0.2, 0.25) is 5.02 Å². The van der Waals surface area contributed by atoms with Crippen LogP contribution in [0.4, 0.5) is 5.69 Å². The molecule has 0 aromatic heterocycles. The van der Waals surface area contributed by atoms with E-state index in [-0.39, 0.29) is 24.4 Å². The fraction of sp³-hybridized carbons (Fsp3) is 0.500. The Balaban J connectivity index is 1.93. The van der Waals surface area contributed by atoms with E-state index in [1.807, 2.05) is 32.0 Å². The zero-order valence-corrected chi connectivity index (χ0v) is 23.7. The number of benzene rings is 2. The van der Waals surface area contributed by atoms with Gasteiger partial charge in [-0.05, 0) is 48.9 Å². The van der Waals surface area contributed by atoms with E-state index in [1.54, 1.807) is 37.3 Å². The van der Waals surface area contributed by atoms with Crippen molar-refractivity contribution in [2.75, 3.05) is 17.1 Å². The van der Waals surface area contributed by atoms with Gasteiger partial charge in [0, 0.05) is 17.6 Å². The van der Waals surface area contributed by atoms with E-state index in [1.165, 1.54) is 4.90 Å². The number of rotatable bonds is 10. The summed E-state index contributed by atoms with van der Waals surface area (Å²) >= 11 is 6.40. The van der Waals surface area contributed by atoms with Gasteiger partial charge in [0.2, 0.25) is 21.8 Å². The summed E-state index contributed by atoms with van der Waals surface area (Å²) in [6.07, 6.45) is 6.24. The van der Waals surface area contributed by atoms with Crippen molar-refractivity contribution in [1.29, 1.82) is 0 Å². The lowest BCUT2D eigenvalue weighted by atomic mass is 9.95. The molecule has 1 saturated carbocycles. The highest BCUT2D eigenvalue weighted by atomic mass is 35.5. The number of carbonyl (C=O) groups excluding carboxylic acids is 2. The lowest BCUT2D eigenvalue weighted by Gasteiger charge is -2.33. The third kappa shape index (κ3) is 7.71. The first kappa shape index (κ1) is 29.0. The first-order chi connectivity index (χ1) is 17.5. The Labute approximate surface area is 226 Å². The van der Waals surface area contributed by atoms with E-state index in [4.69, 9.17) is 11.6 Å². The summed E-state index contributed by atoms with van der Waals surface area (Å²) in [5, 5.41) is 3.57. The summed E-state index contributed by atoms with van der Waals surface area (Å²) in [5.41, 5.74) is 1.97. The van der Waals surface area contributed by atoms with Crippen LogP contribution in [0.25, 0.3) is 0 Å². The predicted molar refractivity (Wildman–Crippen MR) is 149 cm³/mol. The number of halogens is 1. The zero-order valence-electron chi connectivity index (χ0n) is 22.1. The lowest BCUT2D eigenvalue weighted by molar-refractivity contribution is -0.139. The Bertz CT molecular complexity index is 1200. The topological polar surface area (TPSA) is 86.8 Å². The molecule has 3 rings (SSSR count). The van der Waals surface area contributed by atoms with Crippen LogP contribution >= 0.6 is 11.6 Å². The summed E-state index contributed by atoms with van der Waals surface area (Å²) in [5.74, 6) is -0.675. The second-order valence-corrected chi connectivity index (χ2v) is 12.4. The van der Waals surface area contributed by atoms with Crippen molar-refractivity contribution in [2.45, 2.75) is 77.4 Å². The van der Waals surface area contributed by atoms with Crippen LogP contribution < -0.4 is 9.62 Å². The van der Waals surface area contributed by atoms with E-state index in [0.717, 1.165) is 48.2 Å². The number of carbonyl (C=O) groups is 2. The number of hydrogen-bond acceptors (Lipinski definition) is 4. The van der Waals surface area contributed by atoms with Crippen LogP contribution in [-0.4, -0.2) is 50.0 Å². The van der Waals surface area contributed by atoms with Gasteiger partial charge in [-0.3, -0.25) is 13.9 Å². The molecule has 0 bridgehead atoms. The van der Waals surface area contributed by atoms with Crippen LogP contribution in [0.1, 0.15) is 69.9 Å². The molecule has 2 amide bonds. The Morgan fingerprint density at radius 2 is 1.62 bits per heavy atom. The molecule has 0 unspecified atom stereocenters. The monoisotopic (exact) mass is 547 g/mol. The molecule has 37 heavy (non-hydrogen) atoms. The van der Waals surface area contributed by atoms with Gasteiger partial charge in [0.25, 0.3) is 0 Å². The molecule has 2 aromatic rings. The summed E-state index contributed by atoms with van der Waals surface area (Å²) < 4.78 is 26.9. The fourth-order valence-electron chi connectivity index (χ4n) is 4.76. The molecule has 1 aliphatic carbocycles. The minimum atomic E-state index is -3.79. The Morgan fingerprint density at radius 3 is 2.24 bits per heavy atom. The van der Waals surface area contributed by atoms with E-state index in [0.29, 0.717) is 16.3 Å². The van der Waals surface area contributed by atoms with E-state index in [2.05, 4.69) is 5.32 Å². The SMILES string of the molecule is CC(C)c1ccccc1N(CC(=O)N(Cc1ccccc1Cl)[C@H](C)C(=O)NC1CCCCC1)S(C)(=O)=O. The van der Waals surface area contributed by atoms with Crippen molar-refractivity contribution in [2.24, 2.45) is 0 Å². The third-order valence-corrected chi connectivity index (χ3v) is 8.42. The number of nitrogens with zero attached hydrogens (tertiary/aromatic N) is 2. The van der Waals surface area contributed by atoms with Gasteiger partial charge >= 0.3 is 0 Å². The second-order valence-electron chi connectivity index (χ2n) is 10.1. The molecule has 9 heteroatoms. The van der Waals surface area contributed by atoms with Gasteiger partial charge in [-0.15, -0.1) is 0 Å². The first-order valence-corrected chi connectivity index (χ1v) is 15.1. The smallest absolute Gasteiger partial charge is 0.244 e. The number of anilines is 1. The molecule has 0 radical (unpaired) electrons. The van der Waals surface area contributed by atoms with Gasteiger partial charge in [-0.2, -0.15) is 0 Å². The van der Waals surface area contributed by atoms with Crippen molar-refractivity contribution in [3.63, 3.8) is 0 Å². The zero-order chi connectivity index (χ0) is 27.2. The van der Waals surface area contributed by atoms with Gasteiger partial charge in [0.15, 0.2) is 0 Å². The van der Waals surface area contributed by atoms with Crippen LogP contribution in [-0.2, 0) is 26.2 Å². The number of hydrogen-bond donors (Lipinski definition) is 1. The van der Waals surface area contributed by atoms with Gasteiger partial charge in [-0.1, -0.05) is 81.1 Å². The molecule has 0 saturated heterocycles. The van der Waals surface area contributed by atoms with Gasteiger partial charge < -0.3 is 10.2 Å². The number of sulfonamides is 1. The minimum Gasteiger partial charge on any atom is -0.352 e. The Morgan fingerprint density at radius 1 is 1.00 bits per heavy atom. The molecular formula is C28H38ClN3O4S. The molecule has 2 aromatic carbocycles. The maximum Gasteiger partial charge on any atom is 0.244 e. The van der Waals surface area contributed by atoms with Crippen LogP contribution in [0.3, 0.4) is 0 Å². The second kappa shape index (κ2) is 12.8. The molecule has 1 fully saturated rings. The van der Waals surface area contributed by atoms with Crippen molar-refractivity contribution in [3.05, 3.63) is 64.7 Å². The molecule has 7 nitrogen and oxygen atoms in total. The van der Waals surface area contributed by atoms with Crippen LogP contribution in [0.5, 0.6) is 0 Å². The number of para-hydroxylation sites is 1.